The molecule has 3 rings (SSSR count). The summed E-state index contributed by atoms with van der Waals surface area (Å²) in [4.78, 5) is 0. The molecule has 1 aliphatic carbocycles. The Bertz CT molecular complexity index is 618. The molecule has 2 N–H and O–H groups in total. The van der Waals surface area contributed by atoms with Crippen LogP contribution in [0.1, 0.15) is 28.3 Å². The van der Waals surface area contributed by atoms with E-state index in [0.717, 1.165) is 24.1 Å². The van der Waals surface area contributed by atoms with Gasteiger partial charge in [-0.1, -0.05) is 35.9 Å². The number of hydrogen-bond donors (Lipinski definition) is 1. The molecule has 0 saturated heterocycles. The molecule has 0 spiro atoms. The molecular weight excluding hydrogens is 258 g/mol. The maximum absolute atomic E-state index is 6.38. The predicted molar refractivity (Wildman–Crippen MR) is 77.5 cm³/mol. The predicted octanol–water partition coefficient (Wildman–Crippen LogP) is 2.59. The standard InChI is InChI=1S/C15H18ClN3/c1-9-12(15(16)19(2)18-9)8-14(17)13-7-10-5-3-4-6-11(10)13/h3-6,13-14H,7-8,17H2,1-2H3. The van der Waals surface area contributed by atoms with Crippen molar-refractivity contribution >= 4 is 11.6 Å². The van der Waals surface area contributed by atoms with Gasteiger partial charge in [-0.3, -0.25) is 4.68 Å². The maximum atomic E-state index is 6.38. The van der Waals surface area contributed by atoms with Crippen LogP contribution >= 0.6 is 11.6 Å². The van der Waals surface area contributed by atoms with Gasteiger partial charge in [0.1, 0.15) is 5.15 Å². The molecule has 3 nitrogen and oxygen atoms in total. The van der Waals surface area contributed by atoms with E-state index in [9.17, 15) is 0 Å². The van der Waals surface area contributed by atoms with E-state index in [2.05, 4.69) is 29.4 Å². The number of rotatable bonds is 3. The normalized spacial score (nSPS) is 18.8. The monoisotopic (exact) mass is 275 g/mol. The molecule has 0 amide bonds. The Morgan fingerprint density at radius 2 is 2.21 bits per heavy atom. The minimum atomic E-state index is 0.107. The molecule has 2 aromatic rings. The zero-order valence-corrected chi connectivity index (χ0v) is 12.0. The SMILES string of the molecule is Cc1nn(C)c(Cl)c1CC(N)C1Cc2ccccc21. The van der Waals surface area contributed by atoms with Crippen molar-refractivity contribution in [2.75, 3.05) is 0 Å². The molecule has 1 aromatic heterocycles. The Morgan fingerprint density at radius 3 is 2.84 bits per heavy atom. The molecule has 0 bridgehead atoms. The van der Waals surface area contributed by atoms with E-state index in [1.165, 1.54) is 11.1 Å². The fourth-order valence-electron chi connectivity index (χ4n) is 2.96. The first-order chi connectivity index (χ1) is 9.08. The molecule has 0 aliphatic heterocycles. The number of aryl methyl sites for hydroxylation is 2. The first-order valence-electron chi connectivity index (χ1n) is 6.59. The summed E-state index contributed by atoms with van der Waals surface area (Å²) in [6.45, 7) is 1.99. The quantitative estimate of drug-likeness (QED) is 0.936. The summed E-state index contributed by atoms with van der Waals surface area (Å²) in [5, 5.41) is 5.05. The summed E-state index contributed by atoms with van der Waals surface area (Å²) >= 11 is 6.27. The molecule has 1 heterocycles. The fraction of sp³-hybridized carbons (Fsp3) is 0.400. The molecule has 2 unspecified atom stereocenters. The van der Waals surface area contributed by atoms with E-state index in [4.69, 9.17) is 17.3 Å². The molecule has 1 aliphatic rings. The number of fused-ring (bicyclic) bond motifs is 1. The Kier molecular flexibility index (Phi) is 3.11. The van der Waals surface area contributed by atoms with Crippen molar-refractivity contribution in [1.82, 2.24) is 9.78 Å². The molecule has 2 atom stereocenters. The van der Waals surface area contributed by atoms with Crippen LogP contribution < -0.4 is 5.73 Å². The van der Waals surface area contributed by atoms with E-state index in [0.29, 0.717) is 11.1 Å². The first-order valence-corrected chi connectivity index (χ1v) is 6.97. The van der Waals surface area contributed by atoms with Gasteiger partial charge >= 0.3 is 0 Å². The highest BCUT2D eigenvalue weighted by molar-refractivity contribution is 6.30. The lowest BCUT2D eigenvalue weighted by atomic mass is 9.72. The van der Waals surface area contributed by atoms with Crippen LogP contribution in [0.25, 0.3) is 0 Å². The maximum Gasteiger partial charge on any atom is 0.130 e. The Labute approximate surface area is 118 Å². The number of nitrogens with two attached hydrogens (primary N) is 1. The smallest absolute Gasteiger partial charge is 0.130 e. The van der Waals surface area contributed by atoms with Crippen molar-refractivity contribution in [3.63, 3.8) is 0 Å². The van der Waals surface area contributed by atoms with Crippen molar-refractivity contribution in [3.8, 4) is 0 Å². The van der Waals surface area contributed by atoms with Gasteiger partial charge in [0.05, 0.1) is 5.69 Å². The van der Waals surface area contributed by atoms with E-state index in [-0.39, 0.29) is 6.04 Å². The zero-order valence-electron chi connectivity index (χ0n) is 11.2. The number of nitrogens with zero attached hydrogens (tertiary/aromatic N) is 2. The second-order valence-corrected chi connectivity index (χ2v) is 5.71. The number of hydrogen-bond acceptors (Lipinski definition) is 2. The highest BCUT2D eigenvalue weighted by atomic mass is 35.5. The van der Waals surface area contributed by atoms with Gasteiger partial charge in [0, 0.05) is 24.6 Å². The van der Waals surface area contributed by atoms with Crippen LogP contribution in [-0.4, -0.2) is 15.8 Å². The zero-order chi connectivity index (χ0) is 13.6. The minimum absolute atomic E-state index is 0.107. The lowest BCUT2D eigenvalue weighted by Gasteiger charge is -2.34. The number of halogens is 1. The average Bonchev–Trinajstić information content (AvgIpc) is 2.58. The minimum Gasteiger partial charge on any atom is -0.327 e. The lowest BCUT2D eigenvalue weighted by molar-refractivity contribution is 0.480. The van der Waals surface area contributed by atoms with Gasteiger partial charge in [-0.2, -0.15) is 5.10 Å². The molecular formula is C15H18ClN3. The Hall–Kier alpha value is -1.32. The molecule has 0 radical (unpaired) electrons. The Balaban J connectivity index is 1.78. The molecule has 0 saturated carbocycles. The van der Waals surface area contributed by atoms with Crippen LogP contribution in [0.15, 0.2) is 24.3 Å². The van der Waals surface area contributed by atoms with Crippen LogP contribution in [0.2, 0.25) is 5.15 Å². The highest BCUT2D eigenvalue weighted by Gasteiger charge is 2.31. The van der Waals surface area contributed by atoms with Crippen LogP contribution in [0.5, 0.6) is 0 Å². The summed E-state index contributed by atoms with van der Waals surface area (Å²) in [6, 6.07) is 8.64. The summed E-state index contributed by atoms with van der Waals surface area (Å²) in [5.74, 6) is 0.451. The van der Waals surface area contributed by atoms with Crippen molar-refractivity contribution in [2.45, 2.75) is 31.7 Å². The topological polar surface area (TPSA) is 43.8 Å². The molecule has 4 heteroatoms. The van der Waals surface area contributed by atoms with Crippen LogP contribution in [0.4, 0.5) is 0 Å². The van der Waals surface area contributed by atoms with Crippen LogP contribution in [0.3, 0.4) is 0 Å². The fourth-order valence-corrected chi connectivity index (χ4v) is 3.22. The van der Waals surface area contributed by atoms with Crippen molar-refractivity contribution < 1.29 is 0 Å². The van der Waals surface area contributed by atoms with Gasteiger partial charge in [-0.05, 0) is 30.9 Å². The summed E-state index contributed by atoms with van der Waals surface area (Å²) in [7, 11) is 1.86. The van der Waals surface area contributed by atoms with Gasteiger partial charge in [0.2, 0.25) is 0 Å². The third-order valence-electron chi connectivity index (χ3n) is 4.12. The molecule has 1 aromatic carbocycles. The van der Waals surface area contributed by atoms with E-state index < -0.39 is 0 Å². The van der Waals surface area contributed by atoms with Gasteiger partial charge in [0.15, 0.2) is 0 Å². The summed E-state index contributed by atoms with van der Waals surface area (Å²) in [6.07, 6.45) is 1.87. The average molecular weight is 276 g/mol. The van der Waals surface area contributed by atoms with Crippen LogP contribution in [0, 0.1) is 6.92 Å². The first kappa shape index (κ1) is 12.7. The molecule has 19 heavy (non-hydrogen) atoms. The largest absolute Gasteiger partial charge is 0.327 e. The summed E-state index contributed by atoms with van der Waals surface area (Å²) in [5.41, 5.74) is 11.3. The van der Waals surface area contributed by atoms with Gasteiger partial charge in [-0.25, -0.2) is 0 Å². The van der Waals surface area contributed by atoms with Gasteiger partial charge in [-0.15, -0.1) is 0 Å². The number of aromatic nitrogens is 2. The van der Waals surface area contributed by atoms with Crippen molar-refractivity contribution in [1.29, 1.82) is 0 Å². The third kappa shape index (κ3) is 2.07. The van der Waals surface area contributed by atoms with E-state index in [1.54, 1.807) is 4.68 Å². The van der Waals surface area contributed by atoms with Crippen LogP contribution in [-0.2, 0) is 19.9 Å². The molecule has 0 fully saturated rings. The van der Waals surface area contributed by atoms with Gasteiger partial charge in [0.25, 0.3) is 0 Å². The molecule has 100 valence electrons. The second-order valence-electron chi connectivity index (χ2n) is 5.36. The highest BCUT2D eigenvalue weighted by Crippen LogP contribution is 2.38. The Morgan fingerprint density at radius 1 is 1.47 bits per heavy atom. The third-order valence-corrected chi connectivity index (χ3v) is 4.59. The summed E-state index contributed by atoms with van der Waals surface area (Å²) < 4.78 is 1.72. The second kappa shape index (κ2) is 4.66. The van der Waals surface area contributed by atoms with E-state index >= 15 is 0 Å². The van der Waals surface area contributed by atoms with Crippen molar-refractivity contribution in [3.05, 3.63) is 51.8 Å². The van der Waals surface area contributed by atoms with Gasteiger partial charge < -0.3 is 5.73 Å². The van der Waals surface area contributed by atoms with E-state index in [1.807, 2.05) is 14.0 Å². The van der Waals surface area contributed by atoms with Crippen molar-refractivity contribution in [2.24, 2.45) is 12.8 Å². The number of benzene rings is 1. The lowest BCUT2D eigenvalue weighted by Crippen LogP contribution is -2.37.